The third kappa shape index (κ3) is 2.37. The molecule has 19 heavy (non-hydrogen) atoms. The van der Waals surface area contributed by atoms with E-state index in [1.54, 1.807) is 0 Å². The van der Waals surface area contributed by atoms with Gasteiger partial charge in [0.25, 0.3) is 0 Å². The Kier molecular flexibility index (Phi) is 3.93. The van der Waals surface area contributed by atoms with Crippen LogP contribution in [0, 0.1) is 6.92 Å². The van der Waals surface area contributed by atoms with Gasteiger partial charge in [0.2, 0.25) is 0 Å². The minimum atomic E-state index is 1.13. The van der Waals surface area contributed by atoms with Crippen LogP contribution in [-0.4, -0.2) is 23.4 Å². The molecule has 0 unspecified atom stereocenters. The Bertz CT molecular complexity index is 569. The molecular weight excluding hydrogens is 234 g/mol. The topological polar surface area (TPSA) is 21.1 Å². The molecule has 0 aliphatic carbocycles. The van der Waals surface area contributed by atoms with E-state index >= 15 is 0 Å². The average molecular weight is 257 g/mol. The van der Waals surface area contributed by atoms with Crippen molar-refractivity contribution >= 4 is 5.69 Å². The number of hydrogen-bond donors (Lipinski definition) is 0. The monoisotopic (exact) mass is 257 g/mol. The number of hydrogen-bond acceptors (Lipinski definition) is 2. The Balaban J connectivity index is 0.000000637. The summed E-state index contributed by atoms with van der Waals surface area (Å²) in [6, 6.07) is 4.45. The lowest BCUT2D eigenvalue weighted by molar-refractivity contribution is 0.768. The van der Waals surface area contributed by atoms with Gasteiger partial charge in [-0.05, 0) is 36.1 Å². The third-order valence-electron chi connectivity index (χ3n) is 3.70. The van der Waals surface area contributed by atoms with Crippen LogP contribution in [0.1, 0.15) is 25.0 Å². The number of fused-ring (bicyclic) bond motifs is 1. The largest absolute Gasteiger partial charge is 0.374 e. The van der Waals surface area contributed by atoms with Crippen molar-refractivity contribution in [1.29, 1.82) is 0 Å². The fraction of sp³-hybridized carbons (Fsp3) is 0.438. The highest BCUT2D eigenvalue weighted by Crippen LogP contribution is 2.35. The summed E-state index contributed by atoms with van der Waals surface area (Å²) in [6.45, 7) is 7.35. The molecule has 1 aromatic carbocycles. The minimum Gasteiger partial charge on any atom is -0.374 e. The summed E-state index contributed by atoms with van der Waals surface area (Å²) < 4.78 is 1.86. The van der Waals surface area contributed by atoms with Crippen LogP contribution in [0.25, 0.3) is 11.1 Å². The fourth-order valence-corrected chi connectivity index (χ4v) is 2.69. The minimum absolute atomic E-state index is 1.13. The molecule has 1 aromatic heterocycles. The molecule has 0 fully saturated rings. The van der Waals surface area contributed by atoms with Gasteiger partial charge in [-0.25, -0.2) is 0 Å². The molecule has 3 rings (SSSR count). The van der Waals surface area contributed by atoms with Crippen molar-refractivity contribution in [3.63, 3.8) is 0 Å². The van der Waals surface area contributed by atoms with Gasteiger partial charge in [0, 0.05) is 38.1 Å². The van der Waals surface area contributed by atoms with Gasteiger partial charge in [0.05, 0.1) is 6.20 Å². The van der Waals surface area contributed by atoms with Crippen molar-refractivity contribution in [2.45, 2.75) is 27.2 Å². The maximum absolute atomic E-state index is 4.25. The molecule has 0 amide bonds. The summed E-state index contributed by atoms with van der Waals surface area (Å²) in [4.78, 5) is 2.33. The fourth-order valence-electron chi connectivity index (χ4n) is 2.69. The van der Waals surface area contributed by atoms with E-state index in [0.29, 0.717) is 0 Å². The van der Waals surface area contributed by atoms with Crippen molar-refractivity contribution in [2.24, 2.45) is 7.05 Å². The van der Waals surface area contributed by atoms with Gasteiger partial charge in [0.15, 0.2) is 0 Å². The first-order chi connectivity index (χ1) is 9.16. The zero-order valence-electron chi connectivity index (χ0n) is 12.6. The average Bonchev–Trinajstić information content (AvgIpc) is 3.00. The summed E-state index contributed by atoms with van der Waals surface area (Å²) in [5.41, 5.74) is 6.80. The molecule has 1 aliphatic heterocycles. The van der Waals surface area contributed by atoms with Gasteiger partial charge in [-0.2, -0.15) is 5.10 Å². The second-order valence-corrected chi connectivity index (χ2v) is 4.81. The molecule has 2 aromatic rings. The van der Waals surface area contributed by atoms with E-state index in [-0.39, 0.29) is 0 Å². The first-order valence-electron chi connectivity index (χ1n) is 6.99. The summed E-state index contributed by atoms with van der Waals surface area (Å²) in [6.07, 6.45) is 5.17. The third-order valence-corrected chi connectivity index (χ3v) is 3.70. The molecule has 2 heterocycles. The lowest BCUT2D eigenvalue weighted by atomic mass is 9.97. The van der Waals surface area contributed by atoms with Crippen molar-refractivity contribution in [2.75, 3.05) is 18.5 Å². The normalized spacial score (nSPS) is 13.0. The van der Waals surface area contributed by atoms with Gasteiger partial charge in [-0.15, -0.1) is 0 Å². The Morgan fingerprint density at radius 1 is 1.16 bits per heavy atom. The summed E-state index contributed by atoms with van der Waals surface area (Å²) in [5, 5.41) is 4.25. The lowest BCUT2D eigenvalue weighted by Gasteiger charge is -2.14. The number of rotatable bonds is 1. The van der Waals surface area contributed by atoms with E-state index in [9.17, 15) is 0 Å². The molecule has 3 heteroatoms. The number of benzene rings is 1. The second kappa shape index (κ2) is 5.47. The Labute approximate surface area is 115 Å². The molecule has 102 valence electrons. The van der Waals surface area contributed by atoms with Crippen molar-refractivity contribution < 1.29 is 0 Å². The molecule has 0 N–H and O–H groups in total. The van der Waals surface area contributed by atoms with E-state index in [1.807, 2.05) is 31.8 Å². The molecule has 0 spiro atoms. The highest BCUT2D eigenvalue weighted by molar-refractivity contribution is 5.74. The summed E-state index contributed by atoms with van der Waals surface area (Å²) in [5.74, 6) is 0. The van der Waals surface area contributed by atoms with E-state index in [0.717, 1.165) is 13.0 Å². The predicted octanol–water partition coefficient (Wildman–Crippen LogP) is 3.41. The van der Waals surface area contributed by atoms with Crippen LogP contribution in [0.3, 0.4) is 0 Å². The first-order valence-corrected chi connectivity index (χ1v) is 6.99. The van der Waals surface area contributed by atoms with Gasteiger partial charge in [0.1, 0.15) is 0 Å². The SMILES string of the molecule is CC.Cc1c(-c2cnn(C)c2)ccc2c1CCN2C. The van der Waals surface area contributed by atoms with Crippen molar-refractivity contribution in [1.82, 2.24) is 9.78 Å². The number of anilines is 1. The van der Waals surface area contributed by atoms with Crippen molar-refractivity contribution in [3.05, 3.63) is 35.7 Å². The molecular formula is C16H23N3. The van der Waals surface area contributed by atoms with Crippen LogP contribution in [0.5, 0.6) is 0 Å². The summed E-state index contributed by atoms with van der Waals surface area (Å²) in [7, 11) is 4.12. The maximum atomic E-state index is 4.25. The van der Waals surface area contributed by atoms with Crippen molar-refractivity contribution in [3.8, 4) is 11.1 Å². The molecule has 0 bridgehead atoms. The molecule has 3 nitrogen and oxygen atoms in total. The van der Waals surface area contributed by atoms with Crippen LogP contribution >= 0.6 is 0 Å². The molecule has 0 radical (unpaired) electrons. The summed E-state index contributed by atoms with van der Waals surface area (Å²) >= 11 is 0. The molecule has 0 saturated carbocycles. The van der Waals surface area contributed by atoms with Gasteiger partial charge in [-0.3, -0.25) is 4.68 Å². The highest BCUT2D eigenvalue weighted by Gasteiger charge is 2.19. The smallest absolute Gasteiger partial charge is 0.0568 e. The Morgan fingerprint density at radius 2 is 1.89 bits per heavy atom. The van der Waals surface area contributed by atoms with Crippen LogP contribution in [-0.2, 0) is 13.5 Å². The standard InChI is InChI=1S/C14H17N3.C2H6/c1-10-12(11-8-15-17(3)9-11)4-5-14-13(10)6-7-16(14)2;1-2/h4-5,8-9H,6-7H2,1-3H3;1-2H3. The van der Waals surface area contributed by atoms with Gasteiger partial charge < -0.3 is 4.90 Å². The molecule has 0 saturated heterocycles. The highest BCUT2D eigenvalue weighted by atomic mass is 15.2. The van der Waals surface area contributed by atoms with Crippen LogP contribution in [0.4, 0.5) is 5.69 Å². The van der Waals surface area contributed by atoms with E-state index < -0.39 is 0 Å². The van der Waals surface area contributed by atoms with Gasteiger partial charge in [-0.1, -0.05) is 19.9 Å². The molecule has 1 aliphatic rings. The number of nitrogens with zero attached hydrogens (tertiary/aromatic N) is 3. The quantitative estimate of drug-likeness (QED) is 0.780. The van der Waals surface area contributed by atoms with Gasteiger partial charge >= 0.3 is 0 Å². The predicted molar refractivity (Wildman–Crippen MR) is 81.7 cm³/mol. The van der Waals surface area contributed by atoms with Crippen LogP contribution < -0.4 is 4.90 Å². The maximum Gasteiger partial charge on any atom is 0.0568 e. The number of aryl methyl sites for hydroxylation is 1. The van der Waals surface area contributed by atoms with Crippen LogP contribution in [0.2, 0.25) is 0 Å². The van der Waals surface area contributed by atoms with E-state index in [1.165, 1.54) is 27.9 Å². The Morgan fingerprint density at radius 3 is 2.53 bits per heavy atom. The Hall–Kier alpha value is -1.77. The number of aromatic nitrogens is 2. The van der Waals surface area contributed by atoms with E-state index in [2.05, 4.69) is 42.3 Å². The molecule has 0 atom stereocenters. The zero-order valence-corrected chi connectivity index (χ0v) is 12.6. The lowest BCUT2D eigenvalue weighted by Crippen LogP contribution is -2.12. The first kappa shape index (κ1) is 13.7. The second-order valence-electron chi connectivity index (χ2n) is 4.81. The zero-order chi connectivity index (χ0) is 14.0. The van der Waals surface area contributed by atoms with Crippen LogP contribution in [0.15, 0.2) is 24.5 Å². The van der Waals surface area contributed by atoms with E-state index in [4.69, 9.17) is 0 Å². The number of likely N-dealkylation sites (N-methyl/N-ethyl adjacent to an activating group) is 1.